The number of rotatable bonds is 4. The van der Waals surface area contributed by atoms with Crippen LogP contribution in [0.15, 0.2) is 42.6 Å². The second-order valence-electron chi connectivity index (χ2n) is 3.64. The Bertz CT molecular complexity index is 500. The molecular weight excluding hydrogens is 216 g/mol. The number of nitrogen functional groups attached to an aromatic ring is 1. The molecule has 1 aromatic heterocycles. The lowest BCUT2D eigenvalue weighted by Gasteiger charge is -2.09. The number of nitrogens with two attached hydrogens (primary N) is 1. The van der Waals surface area contributed by atoms with Gasteiger partial charge in [0.15, 0.2) is 0 Å². The number of nitrogens with zero attached hydrogens (tertiary/aromatic N) is 1. The maximum Gasteiger partial charge on any atom is 0.125 e. The molecule has 1 heterocycles. The van der Waals surface area contributed by atoms with Gasteiger partial charge in [0.25, 0.3) is 0 Å². The van der Waals surface area contributed by atoms with E-state index in [4.69, 9.17) is 15.6 Å². The summed E-state index contributed by atoms with van der Waals surface area (Å²) in [7, 11) is 0. The largest absolute Gasteiger partial charge is 0.489 e. The fourth-order valence-corrected chi connectivity index (χ4v) is 1.52. The molecule has 0 spiro atoms. The maximum atomic E-state index is 9.15. The summed E-state index contributed by atoms with van der Waals surface area (Å²) in [4.78, 5) is 3.91. The van der Waals surface area contributed by atoms with Crippen LogP contribution in [0, 0.1) is 0 Å². The minimum Gasteiger partial charge on any atom is -0.489 e. The second-order valence-corrected chi connectivity index (χ2v) is 3.64. The number of ether oxygens (including phenoxy) is 1. The lowest BCUT2D eigenvalue weighted by atomic mass is 10.2. The first-order valence-electron chi connectivity index (χ1n) is 5.31. The number of hydrogen-bond acceptors (Lipinski definition) is 4. The van der Waals surface area contributed by atoms with Gasteiger partial charge in [0.05, 0.1) is 6.61 Å². The van der Waals surface area contributed by atoms with Crippen molar-refractivity contribution >= 4 is 5.82 Å². The van der Waals surface area contributed by atoms with Crippen LogP contribution >= 0.6 is 0 Å². The van der Waals surface area contributed by atoms with Crippen LogP contribution in [0.3, 0.4) is 0 Å². The SMILES string of the molecule is Nc1cc(COc2ccccc2CO)ccn1. The van der Waals surface area contributed by atoms with Crippen LogP contribution in [0.1, 0.15) is 11.1 Å². The van der Waals surface area contributed by atoms with E-state index in [1.54, 1.807) is 12.3 Å². The van der Waals surface area contributed by atoms with Crippen molar-refractivity contribution in [3.05, 3.63) is 53.7 Å². The Morgan fingerprint density at radius 2 is 2.06 bits per heavy atom. The summed E-state index contributed by atoms with van der Waals surface area (Å²) in [5.41, 5.74) is 7.30. The van der Waals surface area contributed by atoms with Gasteiger partial charge in [-0.3, -0.25) is 0 Å². The summed E-state index contributed by atoms with van der Waals surface area (Å²) >= 11 is 0. The third-order valence-corrected chi connectivity index (χ3v) is 2.38. The quantitative estimate of drug-likeness (QED) is 0.839. The maximum absolute atomic E-state index is 9.15. The Labute approximate surface area is 99.7 Å². The first-order chi connectivity index (χ1) is 8.29. The molecule has 0 atom stereocenters. The van der Waals surface area contributed by atoms with Gasteiger partial charge in [-0.15, -0.1) is 0 Å². The van der Waals surface area contributed by atoms with Crippen molar-refractivity contribution < 1.29 is 9.84 Å². The van der Waals surface area contributed by atoms with E-state index in [2.05, 4.69) is 4.98 Å². The number of pyridine rings is 1. The molecule has 0 amide bonds. The summed E-state index contributed by atoms with van der Waals surface area (Å²) < 4.78 is 5.63. The summed E-state index contributed by atoms with van der Waals surface area (Å²) in [6, 6.07) is 11.0. The smallest absolute Gasteiger partial charge is 0.125 e. The molecule has 17 heavy (non-hydrogen) atoms. The molecule has 88 valence electrons. The molecule has 0 aliphatic rings. The average Bonchev–Trinajstić information content (AvgIpc) is 2.37. The summed E-state index contributed by atoms with van der Waals surface area (Å²) in [5.74, 6) is 1.16. The van der Waals surface area contributed by atoms with Crippen molar-refractivity contribution in [1.82, 2.24) is 4.98 Å². The molecule has 0 aliphatic heterocycles. The van der Waals surface area contributed by atoms with Gasteiger partial charge >= 0.3 is 0 Å². The number of hydrogen-bond donors (Lipinski definition) is 2. The molecule has 4 nitrogen and oxygen atoms in total. The minimum absolute atomic E-state index is 0.0331. The van der Waals surface area contributed by atoms with Crippen LogP contribution in [0.25, 0.3) is 0 Å². The van der Waals surface area contributed by atoms with Gasteiger partial charge in [-0.05, 0) is 23.8 Å². The van der Waals surface area contributed by atoms with Crippen LogP contribution in [0.5, 0.6) is 5.75 Å². The highest BCUT2D eigenvalue weighted by Gasteiger charge is 2.02. The lowest BCUT2D eigenvalue weighted by molar-refractivity contribution is 0.259. The minimum atomic E-state index is -0.0331. The molecule has 2 rings (SSSR count). The molecule has 0 saturated heterocycles. The highest BCUT2D eigenvalue weighted by molar-refractivity contribution is 5.34. The Morgan fingerprint density at radius 1 is 1.24 bits per heavy atom. The van der Waals surface area contributed by atoms with Crippen molar-refractivity contribution in [2.45, 2.75) is 13.2 Å². The Balaban J connectivity index is 2.07. The van der Waals surface area contributed by atoms with Crippen molar-refractivity contribution in [2.24, 2.45) is 0 Å². The first kappa shape index (κ1) is 11.4. The molecular formula is C13H14N2O2. The van der Waals surface area contributed by atoms with Crippen LogP contribution < -0.4 is 10.5 Å². The molecule has 1 aromatic carbocycles. The molecule has 3 N–H and O–H groups in total. The zero-order valence-corrected chi connectivity index (χ0v) is 9.34. The molecule has 0 bridgehead atoms. The number of aliphatic hydroxyl groups is 1. The highest BCUT2D eigenvalue weighted by atomic mass is 16.5. The predicted molar refractivity (Wildman–Crippen MR) is 65.3 cm³/mol. The van der Waals surface area contributed by atoms with E-state index in [1.807, 2.05) is 30.3 Å². The summed E-state index contributed by atoms with van der Waals surface area (Å²) in [5, 5.41) is 9.15. The monoisotopic (exact) mass is 230 g/mol. The number of para-hydroxylation sites is 1. The van der Waals surface area contributed by atoms with E-state index < -0.39 is 0 Å². The first-order valence-corrected chi connectivity index (χ1v) is 5.31. The zero-order valence-electron chi connectivity index (χ0n) is 9.34. The number of anilines is 1. The van der Waals surface area contributed by atoms with Crippen molar-refractivity contribution in [3.8, 4) is 5.75 Å². The average molecular weight is 230 g/mol. The van der Waals surface area contributed by atoms with Crippen LogP contribution in [0.4, 0.5) is 5.82 Å². The van der Waals surface area contributed by atoms with E-state index in [0.717, 1.165) is 11.1 Å². The van der Waals surface area contributed by atoms with Crippen LogP contribution in [-0.4, -0.2) is 10.1 Å². The lowest BCUT2D eigenvalue weighted by Crippen LogP contribution is -2.00. The normalized spacial score (nSPS) is 10.2. The summed E-state index contributed by atoms with van der Waals surface area (Å²) in [6.07, 6.45) is 1.64. The Morgan fingerprint density at radius 3 is 2.82 bits per heavy atom. The highest BCUT2D eigenvalue weighted by Crippen LogP contribution is 2.19. The van der Waals surface area contributed by atoms with Gasteiger partial charge in [-0.25, -0.2) is 4.98 Å². The topological polar surface area (TPSA) is 68.4 Å². The number of aromatic nitrogens is 1. The molecule has 0 radical (unpaired) electrons. The molecule has 0 aliphatic carbocycles. The molecule has 0 saturated carbocycles. The van der Waals surface area contributed by atoms with Gasteiger partial charge in [0.2, 0.25) is 0 Å². The fourth-order valence-electron chi connectivity index (χ4n) is 1.52. The van der Waals surface area contributed by atoms with Gasteiger partial charge in [0.1, 0.15) is 18.2 Å². The Hall–Kier alpha value is -2.07. The van der Waals surface area contributed by atoms with Crippen molar-refractivity contribution in [1.29, 1.82) is 0 Å². The molecule has 2 aromatic rings. The van der Waals surface area contributed by atoms with Crippen molar-refractivity contribution in [2.75, 3.05) is 5.73 Å². The van der Waals surface area contributed by atoms with Crippen LogP contribution in [-0.2, 0) is 13.2 Å². The van der Waals surface area contributed by atoms with E-state index in [0.29, 0.717) is 18.2 Å². The van der Waals surface area contributed by atoms with E-state index in [1.165, 1.54) is 0 Å². The molecule has 0 fully saturated rings. The predicted octanol–water partition coefficient (Wildman–Crippen LogP) is 1.74. The van der Waals surface area contributed by atoms with Crippen LogP contribution in [0.2, 0.25) is 0 Å². The number of benzene rings is 1. The fraction of sp³-hybridized carbons (Fsp3) is 0.154. The standard InChI is InChI=1S/C13H14N2O2/c14-13-7-10(5-6-15-13)9-17-12-4-2-1-3-11(12)8-16/h1-7,16H,8-9H2,(H2,14,15). The second kappa shape index (κ2) is 5.32. The van der Waals surface area contributed by atoms with Gasteiger partial charge in [-0.2, -0.15) is 0 Å². The van der Waals surface area contributed by atoms with Gasteiger partial charge in [-0.1, -0.05) is 18.2 Å². The third-order valence-electron chi connectivity index (χ3n) is 2.38. The zero-order chi connectivity index (χ0) is 12.1. The van der Waals surface area contributed by atoms with E-state index in [9.17, 15) is 0 Å². The molecule has 4 heteroatoms. The van der Waals surface area contributed by atoms with E-state index in [-0.39, 0.29) is 6.61 Å². The molecule has 0 unspecified atom stereocenters. The summed E-state index contributed by atoms with van der Waals surface area (Å²) in [6.45, 7) is 0.373. The van der Waals surface area contributed by atoms with E-state index >= 15 is 0 Å². The Kier molecular flexibility index (Phi) is 3.57. The van der Waals surface area contributed by atoms with Gasteiger partial charge in [0, 0.05) is 11.8 Å². The number of aliphatic hydroxyl groups excluding tert-OH is 1. The van der Waals surface area contributed by atoms with Crippen molar-refractivity contribution in [3.63, 3.8) is 0 Å². The van der Waals surface area contributed by atoms with Gasteiger partial charge < -0.3 is 15.6 Å². The third kappa shape index (κ3) is 2.95.